The summed E-state index contributed by atoms with van der Waals surface area (Å²) in [5.41, 5.74) is 2.62. The molecule has 1 saturated heterocycles. The Balaban J connectivity index is 1.27. The third-order valence-electron chi connectivity index (χ3n) is 4.86. The minimum atomic E-state index is 0.114. The van der Waals surface area contributed by atoms with Crippen LogP contribution in [0.25, 0.3) is 0 Å². The van der Waals surface area contributed by atoms with Gasteiger partial charge in [0.15, 0.2) is 0 Å². The maximum absolute atomic E-state index is 12.0. The quantitative estimate of drug-likeness (QED) is 0.711. The number of rotatable bonds is 8. The van der Waals surface area contributed by atoms with E-state index < -0.39 is 0 Å². The molecule has 0 radical (unpaired) electrons. The van der Waals surface area contributed by atoms with E-state index in [2.05, 4.69) is 76.6 Å². The zero-order valence-electron chi connectivity index (χ0n) is 16.1. The van der Waals surface area contributed by atoms with Crippen LogP contribution in [0.4, 0.5) is 0 Å². The first kappa shape index (κ1) is 19.9. The zero-order valence-corrected chi connectivity index (χ0v) is 16.9. The molecule has 0 saturated carbocycles. The van der Waals surface area contributed by atoms with Gasteiger partial charge in [-0.3, -0.25) is 14.6 Å². The summed E-state index contributed by atoms with van der Waals surface area (Å²) in [6.45, 7) is 9.08. The van der Waals surface area contributed by atoms with Crippen LogP contribution in [0.2, 0.25) is 0 Å². The van der Waals surface area contributed by atoms with Crippen molar-refractivity contribution in [1.82, 2.24) is 15.1 Å². The summed E-state index contributed by atoms with van der Waals surface area (Å²) in [6, 6.07) is 19.0. The highest BCUT2D eigenvalue weighted by Gasteiger charge is 2.16. The number of nitrogens with zero attached hydrogens (tertiary/aromatic N) is 2. The third kappa shape index (κ3) is 7.01. The van der Waals surface area contributed by atoms with Crippen LogP contribution in [0, 0.1) is 6.92 Å². The van der Waals surface area contributed by atoms with Gasteiger partial charge >= 0.3 is 0 Å². The van der Waals surface area contributed by atoms with Crippen LogP contribution < -0.4 is 5.32 Å². The Kier molecular flexibility index (Phi) is 7.75. The second kappa shape index (κ2) is 10.5. The fraction of sp³-hybridized carbons (Fsp3) is 0.409. The van der Waals surface area contributed by atoms with Crippen molar-refractivity contribution < 1.29 is 4.79 Å². The first-order valence-corrected chi connectivity index (χ1v) is 10.6. The van der Waals surface area contributed by atoms with Gasteiger partial charge in [0.1, 0.15) is 0 Å². The van der Waals surface area contributed by atoms with Crippen molar-refractivity contribution >= 4 is 17.7 Å². The van der Waals surface area contributed by atoms with E-state index in [0.29, 0.717) is 5.75 Å². The largest absolute Gasteiger partial charge is 0.354 e. The van der Waals surface area contributed by atoms with Gasteiger partial charge in [-0.25, -0.2) is 0 Å². The molecule has 3 rings (SSSR count). The predicted octanol–water partition coefficient (Wildman–Crippen LogP) is 3.02. The third-order valence-corrected chi connectivity index (χ3v) is 5.87. The van der Waals surface area contributed by atoms with E-state index in [-0.39, 0.29) is 5.91 Å². The maximum atomic E-state index is 12.0. The van der Waals surface area contributed by atoms with E-state index in [1.54, 1.807) is 11.8 Å². The Morgan fingerprint density at radius 1 is 0.963 bits per heavy atom. The Hall–Kier alpha value is -1.82. The van der Waals surface area contributed by atoms with Crippen LogP contribution >= 0.6 is 11.8 Å². The van der Waals surface area contributed by atoms with E-state index in [0.717, 1.165) is 50.7 Å². The Morgan fingerprint density at radius 3 is 2.33 bits per heavy atom. The van der Waals surface area contributed by atoms with Gasteiger partial charge in [-0.1, -0.05) is 48.0 Å². The number of amides is 1. The van der Waals surface area contributed by atoms with Crippen molar-refractivity contribution in [3.05, 3.63) is 65.7 Å². The van der Waals surface area contributed by atoms with Gasteiger partial charge in [-0.05, 0) is 24.6 Å². The SMILES string of the molecule is Cc1ccc(SCC(=O)NCCN2CCN(Cc3ccccc3)CC2)cc1. The van der Waals surface area contributed by atoms with Crippen molar-refractivity contribution in [3.63, 3.8) is 0 Å². The standard InChI is InChI=1S/C22H29N3OS/c1-19-7-9-21(10-8-19)27-18-22(26)23-11-12-24-13-15-25(16-14-24)17-20-5-3-2-4-6-20/h2-10H,11-18H2,1H3,(H,23,26). The average Bonchev–Trinajstić information content (AvgIpc) is 2.70. The predicted molar refractivity (Wildman–Crippen MR) is 113 cm³/mol. The highest BCUT2D eigenvalue weighted by Crippen LogP contribution is 2.17. The van der Waals surface area contributed by atoms with Crippen LogP contribution in [-0.4, -0.2) is 60.7 Å². The fourth-order valence-electron chi connectivity index (χ4n) is 3.20. The summed E-state index contributed by atoms with van der Waals surface area (Å²) in [4.78, 5) is 18.1. The first-order chi connectivity index (χ1) is 13.2. The average molecular weight is 384 g/mol. The minimum Gasteiger partial charge on any atom is -0.354 e. The summed E-state index contributed by atoms with van der Waals surface area (Å²) in [7, 11) is 0. The molecule has 0 aromatic heterocycles. The minimum absolute atomic E-state index is 0.114. The van der Waals surface area contributed by atoms with E-state index in [1.165, 1.54) is 11.1 Å². The molecule has 1 N–H and O–H groups in total. The molecule has 4 nitrogen and oxygen atoms in total. The van der Waals surface area contributed by atoms with Gasteiger partial charge in [-0.15, -0.1) is 11.8 Å². The number of hydrogen-bond acceptors (Lipinski definition) is 4. The fourth-order valence-corrected chi connectivity index (χ4v) is 3.93. The number of piperazine rings is 1. The van der Waals surface area contributed by atoms with Crippen LogP contribution in [-0.2, 0) is 11.3 Å². The topological polar surface area (TPSA) is 35.6 Å². The van der Waals surface area contributed by atoms with Crippen molar-refractivity contribution in [1.29, 1.82) is 0 Å². The number of benzene rings is 2. The van der Waals surface area contributed by atoms with Crippen LogP contribution in [0.1, 0.15) is 11.1 Å². The number of aryl methyl sites for hydroxylation is 1. The molecule has 5 heteroatoms. The maximum Gasteiger partial charge on any atom is 0.230 e. The lowest BCUT2D eigenvalue weighted by atomic mass is 10.2. The highest BCUT2D eigenvalue weighted by atomic mass is 32.2. The summed E-state index contributed by atoms with van der Waals surface area (Å²) in [5, 5.41) is 3.05. The van der Waals surface area contributed by atoms with E-state index in [9.17, 15) is 4.79 Å². The number of thioether (sulfide) groups is 1. The summed E-state index contributed by atoms with van der Waals surface area (Å²) < 4.78 is 0. The van der Waals surface area contributed by atoms with Crippen molar-refractivity contribution in [2.45, 2.75) is 18.4 Å². The summed E-state index contributed by atoms with van der Waals surface area (Å²) >= 11 is 1.59. The number of carbonyl (C=O) groups is 1. The molecule has 0 spiro atoms. The van der Waals surface area contributed by atoms with Gasteiger partial charge in [-0.2, -0.15) is 0 Å². The molecule has 0 atom stereocenters. The van der Waals surface area contributed by atoms with Crippen LogP contribution in [0.3, 0.4) is 0 Å². The Bertz CT molecular complexity index is 697. The molecular weight excluding hydrogens is 354 g/mol. The van der Waals surface area contributed by atoms with Gasteiger partial charge in [0.2, 0.25) is 5.91 Å². The molecule has 1 amide bonds. The van der Waals surface area contributed by atoms with Gasteiger partial charge < -0.3 is 5.32 Å². The molecule has 0 unspecified atom stereocenters. The molecule has 1 aliphatic heterocycles. The second-order valence-corrected chi connectivity index (χ2v) is 8.10. The molecule has 2 aromatic rings. The van der Waals surface area contributed by atoms with Crippen molar-refractivity contribution in [2.24, 2.45) is 0 Å². The smallest absolute Gasteiger partial charge is 0.230 e. The van der Waals surface area contributed by atoms with E-state index >= 15 is 0 Å². The van der Waals surface area contributed by atoms with Crippen LogP contribution in [0.15, 0.2) is 59.5 Å². The number of hydrogen-bond donors (Lipinski definition) is 1. The number of carbonyl (C=O) groups excluding carboxylic acids is 1. The molecule has 1 aliphatic rings. The van der Waals surface area contributed by atoms with Crippen molar-refractivity contribution in [3.8, 4) is 0 Å². The summed E-state index contributed by atoms with van der Waals surface area (Å²) in [5.74, 6) is 0.594. The van der Waals surface area contributed by atoms with Crippen molar-refractivity contribution in [2.75, 3.05) is 45.0 Å². The monoisotopic (exact) mass is 383 g/mol. The normalized spacial score (nSPS) is 15.6. The molecule has 0 aliphatic carbocycles. The Morgan fingerprint density at radius 2 is 1.63 bits per heavy atom. The number of nitrogens with one attached hydrogen (secondary N) is 1. The molecule has 2 aromatic carbocycles. The summed E-state index contributed by atoms with van der Waals surface area (Å²) in [6.07, 6.45) is 0. The highest BCUT2D eigenvalue weighted by molar-refractivity contribution is 8.00. The molecule has 27 heavy (non-hydrogen) atoms. The van der Waals surface area contributed by atoms with Gasteiger partial charge in [0.25, 0.3) is 0 Å². The van der Waals surface area contributed by atoms with E-state index in [1.807, 2.05) is 0 Å². The first-order valence-electron chi connectivity index (χ1n) is 9.64. The van der Waals surface area contributed by atoms with Gasteiger partial charge in [0.05, 0.1) is 5.75 Å². The molecular formula is C22H29N3OS. The lowest BCUT2D eigenvalue weighted by molar-refractivity contribution is -0.118. The van der Waals surface area contributed by atoms with E-state index in [4.69, 9.17) is 0 Å². The van der Waals surface area contributed by atoms with Gasteiger partial charge in [0, 0.05) is 50.7 Å². The Labute approximate surface area is 166 Å². The molecule has 0 bridgehead atoms. The molecule has 144 valence electrons. The lowest BCUT2D eigenvalue weighted by Gasteiger charge is -2.34. The zero-order chi connectivity index (χ0) is 18.9. The lowest BCUT2D eigenvalue weighted by Crippen LogP contribution is -2.48. The van der Waals surface area contributed by atoms with Crippen LogP contribution in [0.5, 0.6) is 0 Å². The molecule has 1 heterocycles. The molecule has 1 fully saturated rings. The second-order valence-electron chi connectivity index (χ2n) is 7.06.